The van der Waals surface area contributed by atoms with Crippen LogP contribution >= 0.6 is 0 Å². The summed E-state index contributed by atoms with van der Waals surface area (Å²) in [6, 6.07) is 0. The Morgan fingerprint density at radius 1 is 1.07 bits per heavy atom. The molecule has 0 saturated carbocycles. The quantitative estimate of drug-likeness (QED) is 0.517. The monoisotopic (exact) mass is 191 g/mol. The normalized spacial score (nSPS) is 14.9. The number of rotatable bonds is 7. The Labute approximate surface area is 89.4 Å². The predicted molar refractivity (Wildman–Crippen MR) is 66.0 cm³/mol. The van der Waals surface area contributed by atoms with Gasteiger partial charge in [-0.3, -0.25) is 0 Å². The van der Waals surface area contributed by atoms with Gasteiger partial charge in [-0.25, -0.2) is 0 Å². The molecule has 0 amide bonds. The Morgan fingerprint density at radius 2 is 1.50 bits per heavy atom. The van der Waals surface area contributed by atoms with E-state index in [1.54, 1.807) is 0 Å². The fourth-order valence-corrected chi connectivity index (χ4v) is 1.53. The largest absolute Gasteiger partial charge is 0.103 e. The van der Waals surface area contributed by atoms with Crippen LogP contribution in [0.5, 0.6) is 0 Å². The maximum atomic E-state index is 3.93. The molecule has 1 radical (unpaired) electrons. The number of hydrogen-bond donors (Lipinski definition) is 0. The van der Waals surface area contributed by atoms with Gasteiger partial charge in [0.15, 0.2) is 0 Å². The molecule has 0 heteroatoms. The molecule has 0 aromatic carbocycles. The summed E-state index contributed by atoms with van der Waals surface area (Å²) >= 11 is 0. The van der Waals surface area contributed by atoms with Crippen LogP contribution in [-0.2, 0) is 0 Å². The molecule has 2 atom stereocenters. The molecule has 0 aromatic rings. The van der Waals surface area contributed by atoms with E-state index >= 15 is 0 Å². The van der Waals surface area contributed by atoms with Crippen molar-refractivity contribution in [2.45, 2.75) is 33.6 Å². The van der Waals surface area contributed by atoms with Crippen molar-refractivity contribution >= 4 is 0 Å². The molecule has 0 N–H and O–H groups in total. The molecule has 14 heavy (non-hydrogen) atoms. The molecule has 0 aliphatic rings. The van der Waals surface area contributed by atoms with E-state index in [0.717, 1.165) is 12.8 Å². The van der Waals surface area contributed by atoms with Crippen LogP contribution in [0.3, 0.4) is 0 Å². The van der Waals surface area contributed by atoms with Crippen LogP contribution in [0.15, 0.2) is 37.5 Å². The maximum absolute atomic E-state index is 3.93. The van der Waals surface area contributed by atoms with Gasteiger partial charge in [0.2, 0.25) is 0 Å². The Hall–Kier alpha value is -0.780. The number of hydrogen-bond acceptors (Lipinski definition) is 0. The second-order valence-electron chi connectivity index (χ2n) is 4.08. The van der Waals surface area contributed by atoms with Gasteiger partial charge in [-0.05, 0) is 37.5 Å². The fourth-order valence-electron chi connectivity index (χ4n) is 1.53. The zero-order valence-corrected chi connectivity index (χ0v) is 9.84. The highest BCUT2D eigenvalue weighted by molar-refractivity contribution is 5.11. The van der Waals surface area contributed by atoms with Gasteiger partial charge in [-0.15, -0.1) is 19.7 Å². The van der Waals surface area contributed by atoms with Crippen molar-refractivity contribution in [2.75, 3.05) is 0 Å². The summed E-state index contributed by atoms with van der Waals surface area (Å²) in [6.45, 7) is 18.1. The van der Waals surface area contributed by atoms with Crippen LogP contribution in [0, 0.1) is 17.8 Å². The Balaban J connectivity index is 4.30. The third-order valence-electron chi connectivity index (χ3n) is 2.72. The molecule has 0 aliphatic carbocycles. The lowest BCUT2D eigenvalue weighted by molar-refractivity contribution is 0.539. The minimum Gasteiger partial charge on any atom is -0.103 e. The summed E-state index contributed by atoms with van der Waals surface area (Å²) < 4.78 is 0. The van der Waals surface area contributed by atoms with Crippen molar-refractivity contribution < 1.29 is 0 Å². The lowest BCUT2D eigenvalue weighted by Gasteiger charge is -2.25. The van der Waals surface area contributed by atoms with Gasteiger partial charge in [0.05, 0.1) is 0 Å². The second-order valence-corrected chi connectivity index (χ2v) is 4.08. The van der Waals surface area contributed by atoms with Crippen LogP contribution in [0.25, 0.3) is 0 Å². The number of allylic oxidation sites excluding steroid dienone is 3. The highest BCUT2D eigenvalue weighted by atomic mass is 14.2. The maximum Gasteiger partial charge on any atom is -0.0107 e. The molecular formula is C14H23. The average Bonchev–Trinajstić information content (AvgIpc) is 2.16. The first-order valence-corrected chi connectivity index (χ1v) is 5.28. The molecule has 0 fully saturated rings. The van der Waals surface area contributed by atoms with Crippen molar-refractivity contribution in [3.05, 3.63) is 43.4 Å². The summed E-state index contributed by atoms with van der Waals surface area (Å²) in [6.07, 6.45) is 6.20. The summed E-state index contributed by atoms with van der Waals surface area (Å²) in [5, 5.41) is 0. The van der Waals surface area contributed by atoms with Crippen molar-refractivity contribution in [3.8, 4) is 0 Å². The van der Waals surface area contributed by atoms with Crippen molar-refractivity contribution in [2.24, 2.45) is 11.8 Å². The van der Waals surface area contributed by atoms with Crippen LogP contribution < -0.4 is 0 Å². The van der Waals surface area contributed by atoms with Crippen molar-refractivity contribution in [1.82, 2.24) is 0 Å². The Morgan fingerprint density at radius 3 is 1.79 bits per heavy atom. The van der Waals surface area contributed by atoms with E-state index in [4.69, 9.17) is 0 Å². The smallest absolute Gasteiger partial charge is 0.0107 e. The standard InChI is InChI=1S/C14H23/c1-7-12(5)14(13(6)8-2)10-9-11(3)4/h7-8,12-13H,1-3,9-10H2,4-6H3. The molecule has 0 heterocycles. The molecule has 0 aliphatic heterocycles. The van der Waals surface area contributed by atoms with Crippen LogP contribution in [0.2, 0.25) is 0 Å². The van der Waals surface area contributed by atoms with E-state index in [9.17, 15) is 0 Å². The minimum absolute atomic E-state index is 0.474. The molecule has 79 valence electrons. The van der Waals surface area contributed by atoms with Crippen molar-refractivity contribution in [3.63, 3.8) is 0 Å². The zero-order chi connectivity index (χ0) is 11.1. The van der Waals surface area contributed by atoms with E-state index in [1.807, 2.05) is 12.2 Å². The highest BCUT2D eigenvalue weighted by Crippen LogP contribution is 2.30. The minimum atomic E-state index is 0.474. The van der Waals surface area contributed by atoms with Gasteiger partial charge in [0, 0.05) is 0 Å². The molecule has 0 aromatic heterocycles. The Bertz CT molecular complexity index is 186. The molecule has 0 nitrogen and oxygen atoms in total. The highest BCUT2D eigenvalue weighted by Gasteiger charge is 2.19. The van der Waals surface area contributed by atoms with Crippen LogP contribution in [0.4, 0.5) is 0 Å². The molecule has 0 rings (SSSR count). The van der Waals surface area contributed by atoms with E-state index in [-0.39, 0.29) is 0 Å². The summed E-state index contributed by atoms with van der Waals surface area (Å²) in [5.41, 5.74) is 1.25. The summed E-state index contributed by atoms with van der Waals surface area (Å²) in [7, 11) is 0. The van der Waals surface area contributed by atoms with Crippen molar-refractivity contribution in [1.29, 1.82) is 0 Å². The van der Waals surface area contributed by atoms with Crippen LogP contribution in [-0.4, -0.2) is 0 Å². The third kappa shape index (κ3) is 4.45. The SMILES string of the molecule is C=CC(C)[C](CCC(=C)C)C(C)C=C. The molecule has 0 saturated heterocycles. The lowest BCUT2D eigenvalue weighted by Crippen LogP contribution is -2.14. The lowest BCUT2D eigenvalue weighted by atomic mass is 9.80. The fraction of sp³-hybridized carbons (Fsp3) is 0.500. The van der Waals surface area contributed by atoms with Crippen LogP contribution in [0.1, 0.15) is 33.6 Å². The topological polar surface area (TPSA) is 0 Å². The molecule has 2 unspecified atom stereocenters. The van der Waals surface area contributed by atoms with E-state index < -0.39 is 0 Å². The van der Waals surface area contributed by atoms with E-state index in [0.29, 0.717) is 11.8 Å². The first-order chi connectivity index (χ1) is 6.52. The molecule has 0 spiro atoms. The zero-order valence-electron chi connectivity index (χ0n) is 9.84. The van der Waals surface area contributed by atoms with Gasteiger partial charge >= 0.3 is 0 Å². The van der Waals surface area contributed by atoms with Gasteiger partial charge in [-0.2, -0.15) is 0 Å². The van der Waals surface area contributed by atoms with E-state index in [2.05, 4.69) is 40.5 Å². The first-order valence-electron chi connectivity index (χ1n) is 5.28. The summed E-state index contributed by atoms with van der Waals surface area (Å²) in [4.78, 5) is 0. The first kappa shape index (κ1) is 13.2. The predicted octanol–water partition coefficient (Wildman–Crippen LogP) is 4.56. The van der Waals surface area contributed by atoms with Gasteiger partial charge in [0.1, 0.15) is 0 Å². The Kier molecular flexibility index (Phi) is 6.27. The van der Waals surface area contributed by atoms with Gasteiger partial charge in [-0.1, -0.05) is 31.6 Å². The van der Waals surface area contributed by atoms with E-state index in [1.165, 1.54) is 11.5 Å². The average molecular weight is 191 g/mol. The van der Waals surface area contributed by atoms with Gasteiger partial charge in [0.25, 0.3) is 0 Å². The van der Waals surface area contributed by atoms with Gasteiger partial charge < -0.3 is 0 Å². The molecular weight excluding hydrogens is 168 g/mol. The third-order valence-corrected chi connectivity index (χ3v) is 2.72. The molecule has 0 bridgehead atoms. The summed E-state index contributed by atoms with van der Waals surface area (Å²) in [5.74, 6) is 2.46. The second kappa shape index (κ2) is 6.64.